The summed E-state index contributed by atoms with van der Waals surface area (Å²) >= 11 is 0. The van der Waals surface area contributed by atoms with Gasteiger partial charge in [-0.1, -0.05) is 6.07 Å². The standard InChI is InChI=1S/C16H15BO6/c1-9-21-16(22-9)10-2-5-15(14(18)7-10)23-12-3-4-13-11(6-12)8-20-17(13)19/h2-7,9,16,18-19H,8H2,1H3. The van der Waals surface area contributed by atoms with Crippen LogP contribution in [0.2, 0.25) is 0 Å². The third-order valence-electron chi connectivity index (χ3n) is 3.89. The zero-order valence-electron chi connectivity index (χ0n) is 12.4. The molecule has 1 saturated heterocycles. The van der Waals surface area contributed by atoms with Crippen LogP contribution in [0.5, 0.6) is 17.2 Å². The Morgan fingerprint density at radius 3 is 2.74 bits per heavy atom. The van der Waals surface area contributed by atoms with Crippen molar-refractivity contribution in [1.82, 2.24) is 0 Å². The fraction of sp³-hybridized carbons (Fsp3) is 0.250. The molecular weight excluding hydrogens is 299 g/mol. The molecule has 2 aromatic rings. The maximum Gasteiger partial charge on any atom is 0.491 e. The predicted molar refractivity (Wildman–Crippen MR) is 81.4 cm³/mol. The Kier molecular flexibility index (Phi) is 3.50. The topological polar surface area (TPSA) is 77.4 Å². The van der Waals surface area contributed by atoms with Crippen LogP contribution < -0.4 is 10.2 Å². The van der Waals surface area contributed by atoms with E-state index in [0.29, 0.717) is 18.1 Å². The van der Waals surface area contributed by atoms with Crippen LogP contribution in [0, 0.1) is 0 Å². The Balaban J connectivity index is 1.53. The van der Waals surface area contributed by atoms with E-state index in [1.165, 1.54) is 0 Å². The van der Waals surface area contributed by atoms with Gasteiger partial charge in [-0.15, -0.1) is 0 Å². The summed E-state index contributed by atoms with van der Waals surface area (Å²) in [5, 5.41) is 19.7. The first kappa shape index (κ1) is 14.5. The van der Waals surface area contributed by atoms with Crippen LogP contribution in [-0.4, -0.2) is 23.5 Å². The summed E-state index contributed by atoms with van der Waals surface area (Å²) in [6.45, 7) is 2.15. The van der Waals surface area contributed by atoms with E-state index in [9.17, 15) is 10.1 Å². The number of ether oxygens (including phenoxy) is 3. The molecule has 0 saturated carbocycles. The van der Waals surface area contributed by atoms with E-state index in [4.69, 9.17) is 18.9 Å². The summed E-state index contributed by atoms with van der Waals surface area (Å²) in [5.41, 5.74) is 2.35. The van der Waals surface area contributed by atoms with Gasteiger partial charge in [0, 0.05) is 5.56 Å². The second-order valence-corrected chi connectivity index (χ2v) is 5.52. The first-order chi connectivity index (χ1) is 11.1. The Hall–Kier alpha value is -2.06. The van der Waals surface area contributed by atoms with Gasteiger partial charge in [-0.25, -0.2) is 0 Å². The van der Waals surface area contributed by atoms with Crippen LogP contribution in [-0.2, 0) is 20.7 Å². The summed E-state index contributed by atoms with van der Waals surface area (Å²) in [6, 6.07) is 10.3. The summed E-state index contributed by atoms with van der Waals surface area (Å²) < 4.78 is 21.6. The van der Waals surface area contributed by atoms with E-state index in [1.54, 1.807) is 36.4 Å². The van der Waals surface area contributed by atoms with Crippen LogP contribution in [0.4, 0.5) is 0 Å². The fourth-order valence-corrected chi connectivity index (χ4v) is 2.68. The highest BCUT2D eigenvalue weighted by Gasteiger charge is 2.29. The van der Waals surface area contributed by atoms with Crippen molar-refractivity contribution < 1.29 is 29.0 Å². The van der Waals surface area contributed by atoms with Crippen LogP contribution in [0.1, 0.15) is 24.3 Å². The lowest BCUT2D eigenvalue weighted by Gasteiger charge is -2.33. The molecule has 0 aliphatic carbocycles. The van der Waals surface area contributed by atoms with Crippen LogP contribution in [0.15, 0.2) is 36.4 Å². The van der Waals surface area contributed by atoms with Crippen LogP contribution in [0.25, 0.3) is 0 Å². The molecule has 0 amide bonds. The predicted octanol–water partition coefficient (Wildman–Crippen LogP) is 1.79. The second kappa shape index (κ2) is 5.54. The molecule has 4 rings (SSSR count). The van der Waals surface area contributed by atoms with Gasteiger partial charge >= 0.3 is 7.12 Å². The molecule has 2 aliphatic heterocycles. The molecule has 0 spiro atoms. The van der Waals surface area contributed by atoms with Gasteiger partial charge in [-0.3, -0.25) is 0 Å². The van der Waals surface area contributed by atoms with Crippen molar-refractivity contribution in [3.8, 4) is 17.2 Å². The van der Waals surface area contributed by atoms with Crippen molar-refractivity contribution in [1.29, 1.82) is 0 Å². The zero-order valence-corrected chi connectivity index (χ0v) is 12.4. The molecule has 0 radical (unpaired) electrons. The molecule has 2 aliphatic rings. The second-order valence-electron chi connectivity index (χ2n) is 5.52. The molecule has 7 heteroatoms. The van der Waals surface area contributed by atoms with Gasteiger partial charge in [0.25, 0.3) is 0 Å². The maximum absolute atomic E-state index is 10.1. The molecule has 0 bridgehead atoms. The molecule has 2 N–H and O–H groups in total. The molecule has 2 heterocycles. The van der Waals surface area contributed by atoms with Crippen LogP contribution in [0.3, 0.4) is 0 Å². The molecular formula is C16H15BO6. The number of aromatic hydroxyl groups is 1. The molecule has 0 aromatic heterocycles. The number of fused-ring (bicyclic) bond motifs is 1. The normalized spacial score (nSPS) is 22.6. The van der Waals surface area contributed by atoms with Gasteiger partial charge in [0.15, 0.2) is 24.1 Å². The van der Waals surface area contributed by atoms with Crippen molar-refractivity contribution in [3.05, 3.63) is 47.5 Å². The molecule has 1 fully saturated rings. The quantitative estimate of drug-likeness (QED) is 0.841. The smallest absolute Gasteiger partial charge is 0.491 e. The van der Waals surface area contributed by atoms with Crippen molar-refractivity contribution in [2.45, 2.75) is 26.1 Å². The van der Waals surface area contributed by atoms with E-state index in [2.05, 4.69) is 0 Å². The largest absolute Gasteiger partial charge is 0.504 e. The minimum Gasteiger partial charge on any atom is -0.504 e. The van der Waals surface area contributed by atoms with Gasteiger partial charge in [-0.2, -0.15) is 0 Å². The highest BCUT2D eigenvalue weighted by molar-refractivity contribution is 6.61. The van der Waals surface area contributed by atoms with Gasteiger partial charge in [-0.05, 0) is 48.3 Å². The SMILES string of the molecule is CC1OC(c2ccc(Oc3ccc4c(c3)COB4O)c(O)c2)O1. The van der Waals surface area contributed by atoms with Gasteiger partial charge in [0.05, 0.1) is 6.61 Å². The summed E-state index contributed by atoms with van der Waals surface area (Å²) in [5.74, 6) is 0.904. The minimum absolute atomic E-state index is 0.00559. The zero-order chi connectivity index (χ0) is 16.0. The number of rotatable bonds is 3. The third kappa shape index (κ3) is 2.68. The van der Waals surface area contributed by atoms with Crippen molar-refractivity contribution in [3.63, 3.8) is 0 Å². The first-order valence-electron chi connectivity index (χ1n) is 7.34. The molecule has 2 aromatic carbocycles. The van der Waals surface area contributed by atoms with Gasteiger partial charge < -0.3 is 29.0 Å². The van der Waals surface area contributed by atoms with Crippen molar-refractivity contribution in [2.24, 2.45) is 0 Å². The highest BCUT2D eigenvalue weighted by atomic mass is 16.9. The van der Waals surface area contributed by atoms with Crippen LogP contribution >= 0.6 is 0 Å². The van der Waals surface area contributed by atoms with E-state index in [0.717, 1.165) is 16.6 Å². The monoisotopic (exact) mass is 314 g/mol. The number of phenolic OH excluding ortho intramolecular Hbond substituents is 1. The summed E-state index contributed by atoms with van der Waals surface area (Å²) in [7, 11) is -0.878. The maximum atomic E-state index is 10.1. The van der Waals surface area contributed by atoms with E-state index >= 15 is 0 Å². The van der Waals surface area contributed by atoms with Crippen molar-refractivity contribution in [2.75, 3.05) is 0 Å². The van der Waals surface area contributed by atoms with Gasteiger partial charge in [0.2, 0.25) is 0 Å². The Morgan fingerprint density at radius 2 is 2.00 bits per heavy atom. The Labute approximate surface area is 133 Å². The molecule has 23 heavy (non-hydrogen) atoms. The number of phenols is 1. The molecule has 6 nitrogen and oxygen atoms in total. The van der Waals surface area contributed by atoms with E-state index in [1.807, 2.05) is 6.92 Å². The fourth-order valence-electron chi connectivity index (χ4n) is 2.68. The lowest BCUT2D eigenvalue weighted by atomic mass is 9.80. The average molecular weight is 314 g/mol. The third-order valence-corrected chi connectivity index (χ3v) is 3.89. The number of benzene rings is 2. The van der Waals surface area contributed by atoms with Crippen molar-refractivity contribution >= 4 is 12.6 Å². The molecule has 118 valence electrons. The number of hydrogen-bond acceptors (Lipinski definition) is 6. The lowest BCUT2D eigenvalue weighted by Crippen LogP contribution is -2.31. The lowest BCUT2D eigenvalue weighted by molar-refractivity contribution is -0.382. The molecule has 0 unspecified atom stereocenters. The Bertz CT molecular complexity index is 743. The summed E-state index contributed by atoms with van der Waals surface area (Å²) in [4.78, 5) is 0. The average Bonchev–Trinajstić information content (AvgIpc) is 2.87. The first-order valence-corrected chi connectivity index (χ1v) is 7.34. The minimum atomic E-state index is -0.878. The van der Waals surface area contributed by atoms with E-state index in [-0.39, 0.29) is 12.0 Å². The van der Waals surface area contributed by atoms with Gasteiger partial charge in [0.1, 0.15) is 5.75 Å². The Morgan fingerprint density at radius 1 is 1.17 bits per heavy atom. The summed E-state index contributed by atoms with van der Waals surface area (Å²) in [6.07, 6.45) is -0.661. The van der Waals surface area contributed by atoms with E-state index < -0.39 is 13.4 Å². The number of hydrogen-bond donors (Lipinski definition) is 2. The highest BCUT2D eigenvalue weighted by Crippen LogP contribution is 2.37. The molecule has 0 atom stereocenters.